The monoisotopic (exact) mass is 239 g/mol. The zero-order valence-corrected chi connectivity index (χ0v) is 9.63. The maximum Gasteiger partial charge on any atom is 0.276 e. The van der Waals surface area contributed by atoms with Crippen LogP contribution in [0.2, 0.25) is 0 Å². The van der Waals surface area contributed by atoms with E-state index in [9.17, 15) is 14.9 Å². The molecule has 6 heteroatoms. The van der Waals surface area contributed by atoms with Gasteiger partial charge in [-0.05, 0) is 12.1 Å². The van der Waals surface area contributed by atoms with E-state index in [1.54, 1.807) is 6.07 Å². The molecule has 0 aliphatic heterocycles. The Balaban J connectivity index is 2.98. The second kappa shape index (κ2) is 5.95. The molecule has 0 saturated carbocycles. The van der Waals surface area contributed by atoms with E-state index in [1.807, 2.05) is 0 Å². The molecule has 17 heavy (non-hydrogen) atoms. The smallest absolute Gasteiger partial charge is 0.276 e. The molecular weight excluding hydrogens is 226 g/mol. The Labute approximate surface area is 98.3 Å². The van der Waals surface area contributed by atoms with Crippen molar-refractivity contribution >= 4 is 11.5 Å². The second-order valence-corrected chi connectivity index (χ2v) is 3.40. The first-order chi connectivity index (χ1) is 8.08. The number of nitro benzene ring substituents is 1. The fourth-order valence-electron chi connectivity index (χ4n) is 1.41. The maximum absolute atomic E-state index is 11.4. The number of nitro groups is 1. The van der Waals surface area contributed by atoms with Gasteiger partial charge in [0.25, 0.3) is 5.69 Å². The maximum atomic E-state index is 11.4. The molecule has 0 radical (unpaired) electrons. The summed E-state index contributed by atoms with van der Waals surface area (Å²) in [7, 11) is 2.83. The fourth-order valence-corrected chi connectivity index (χ4v) is 1.41. The standard InChI is InChI=1S/C11H13NO5/c1-16-7-9(13)5-8-3-4-10(17-2)6-11(8)12(14)15/h3-4,6H,5,7H2,1-2H3. The highest BCUT2D eigenvalue weighted by molar-refractivity contribution is 5.83. The minimum absolute atomic E-state index is 0.0197. The number of ether oxygens (including phenoxy) is 2. The minimum atomic E-state index is -0.530. The number of hydrogen-bond acceptors (Lipinski definition) is 5. The van der Waals surface area contributed by atoms with E-state index in [4.69, 9.17) is 4.74 Å². The average Bonchev–Trinajstić information content (AvgIpc) is 2.29. The van der Waals surface area contributed by atoms with Crippen molar-refractivity contribution in [1.29, 1.82) is 0 Å². The molecule has 1 rings (SSSR count). The van der Waals surface area contributed by atoms with Crippen LogP contribution in [0.5, 0.6) is 5.75 Å². The molecule has 1 aromatic rings. The van der Waals surface area contributed by atoms with Crippen LogP contribution in [0, 0.1) is 10.1 Å². The van der Waals surface area contributed by atoms with Gasteiger partial charge in [-0.15, -0.1) is 0 Å². The Hall–Kier alpha value is -1.95. The summed E-state index contributed by atoms with van der Waals surface area (Å²) in [5.41, 5.74) is 0.242. The third-order valence-electron chi connectivity index (χ3n) is 2.18. The lowest BCUT2D eigenvalue weighted by atomic mass is 10.1. The number of carbonyl (C=O) groups is 1. The van der Waals surface area contributed by atoms with Crippen molar-refractivity contribution in [1.82, 2.24) is 0 Å². The SMILES string of the molecule is COCC(=O)Cc1ccc(OC)cc1[N+](=O)[O-]. The first-order valence-corrected chi connectivity index (χ1v) is 4.90. The fraction of sp³-hybridized carbons (Fsp3) is 0.364. The quantitative estimate of drug-likeness (QED) is 0.553. The van der Waals surface area contributed by atoms with Gasteiger partial charge in [-0.2, -0.15) is 0 Å². The summed E-state index contributed by atoms with van der Waals surface area (Å²) in [6, 6.07) is 4.41. The first kappa shape index (κ1) is 13.1. The first-order valence-electron chi connectivity index (χ1n) is 4.90. The lowest BCUT2D eigenvalue weighted by molar-refractivity contribution is -0.385. The van der Waals surface area contributed by atoms with Crippen LogP contribution in [0.1, 0.15) is 5.56 Å². The topological polar surface area (TPSA) is 78.7 Å². The molecule has 0 unspecified atom stereocenters. The summed E-state index contributed by atoms with van der Waals surface area (Å²) in [6.45, 7) is -0.0524. The molecule has 6 nitrogen and oxygen atoms in total. The van der Waals surface area contributed by atoms with Gasteiger partial charge in [0.15, 0.2) is 5.78 Å². The summed E-state index contributed by atoms with van der Waals surface area (Å²) >= 11 is 0. The van der Waals surface area contributed by atoms with Crippen LogP contribution >= 0.6 is 0 Å². The Morgan fingerprint density at radius 2 is 2.12 bits per heavy atom. The number of Topliss-reactive ketones (excluding diaryl/α,β-unsaturated/α-hetero) is 1. The zero-order chi connectivity index (χ0) is 12.8. The molecule has 1 aromatic carbocycles. The number of methoxy groups -OCH3 is 2. The largest absolute Gasteiger partial charge is 0.497 e. The summed E-state index contributed by atoms with van der Waals surface area (Å²) in [5, 5.41) is 10.8. The van der Waals surface area contributed by atoms with Gasteiger partial charge in [-0.25, -0.2) is 0 Å². The molecule has 0 aliphatic carbocycles. The van der Waals surface area contributed by atoms with E-state index in [0.29, 0.717) is 11.3 Å². The van der Waals surface area contributed by atoms with Gasteiger partial charge < -0.3 is 9.47 Å². The molecule has 0 atom stereocenters. The Bertz CT molecular complexity index is 430. The van der Waals surface area contributed by atoms with Crippen molar-refractivity contribution in [3.05, 3.63) is 33.9 Å². The van der Waals surface area contributed by atoms with Gasteiger partial charge in [0.05, 0.1) is 18.1 Å². The molecule has 0 aliphatic rings. The summed E-state index contributed by atoms with van der Waals surface area (Å²) < 4.78 is 9.58. The predicted molar refractivity (Wildman–Crippen MR) is 60.2 cm³/mol. The number of nitrogens with zero attached hydrogens (tertiary/aromatic N) is 1. The zero-order valence-electron chi connectivity index (χ0n) is 9.63. The average molecular weight is 239 g/mol. The minimum Gasteiger partial charge on any atom is -0.497 e. The van der Waals surface area contributed by atoms with E-state index in [2.05, 4.69) is 4.74 Å². The number of ketones is 1. The number of benzene rings is 1. The van der Waals surface area contributed by atoms with Gasteiger partial charge in [-0.1, -0.05) is 0 Å². The Kier molecular flexibility index (Phi) is 4.59. The van der Waals surface area contributed by atoms with E-state index in [1.165, 1.54) is 26.4 Å². The van der Waals surface area contributed by atoms with Crippen molar-refractivity contribution in [2.75, 3.05) is 20.8 Å². The lowest BCUT2D eigenvalue weighted by Crippen LogP contribution is -2.11. The van der Waals surface area contributed by atoms with Crippen LogP contribution in [0.15, 0.2) is 18.2 Å². The van der Waals surface area contributed by atoms with E-state index in [-0.39, 0.29) is 24.5 Å². The van der Waals surface area contributed by atoms with Crippen molar-refractivity contribution in [3.63, 3.8) is 0 Å². The number of rotatable bonds is 6. The van der Waals surface area contributed by atoms with Crippen LogP contribution in [0.4, 0.5) is 5.69 Å². The van der Waals surface area contributed by atoms with Gasteiger partial charge in [0, 0.05) is 19.1 Å². The number of hydrogen-bond donors (Lipinski definition) is 0. The predicted octanol–water partition coefficient (Wildman–Crippen LogP) is 1.36. The van der Waals surface area contributed by atoms with Crippen LogP contribution in [0.25, 0.3) is 0 Å². The van der Waals surface area contributed by atoms with Crippen LogP contribution in [-0.4, -0.2) is 31.5 Å². The number of carbonyl (C=O) groups excluding carboxylic acids is 1. The lowest BCUT2D eigenvalue weighted by Gasteiger charge is -2.04. The molecule has 0 fully saturated rings. The highest BCUT2D eigenvalue weighted by atomic mass is 16.6. The third kappa shape index (κ3) is 3.53. The molecule has 0 N–H and O–H groups in total. The van der Waals surface area contributed by atoms with Crippen LogP contribution in [0.3, 0.4) is 0 Å². The van der Waals surface area contributed by atoms with E-state index >= 15 is 0 Å². The summed E-state index contributed by atoms with van der Waals surface area (Å²) in [4.78, 5) is 21.7. The molecule has 0 spiro atoms. The molecule has 92 valence electrons. The van der Waals surface area contributed by atoms with Gasteiger partial charge in [-0.3, -0.25) is 14.9 Å². The highest BCUT2D eigenvalue weighted by Crippen LogP contribution is 2.25. The second-order valence-electron chi connectivity index (χ2n) is 3.40. The van der Waals surface area contributed by atoms with Crippen LogP contribution < -0.4 is 4.74 Å². The molecule has 0 amide bonds. The van der Waals surface area contributed by atoms with E-state index < -0.39 is 4.92 Å². The van der Waals surface area contributed by atoms with Crippen molar-refractivity contribution in [2.45, 2.75) is 6.42 Å². The molecule has 0 heterocycles. The molecule has 0 bridgehead atoms. The Morgan fingerprint density at radius 1 is 1.41 bits per heavy atom. The normalized spacial score (nSPS) is 10.0. The van der Waals surface area contributed by atoms with Crippen molar-refractivity contribution in [2.24, 2.45) is 0 Å². The van der Waals surface area contributed by atoms with Gasteiger partial charge in [0.2, 0.25) is 0 Å². The highest BCUT2D eigenvalue weighted by Gasteiger charge is 2.17. The molecule has 0 saturated heterocycles. The van der Waals surface area contributed by atoms with Gasteiger partial charge in [0.1, 0.15) is 12.4 Å². The van der Waals surface area contributed by atoms with Crippen molar-refractivity contribution in [3.8, 4) is 5.75 Å². The molecular formula is C11H13NO5. The van der Waals surface area contributed by atoms with Gasteiger partial charge >= 0.3 is 0 Å². The third-order valence-corrected chi connectivity index (χ3v) is 2.18. The van der Waals surface area contributed by atoms with Crippen molar-refractivity contribution < 1.29 is 19.2 Å². The Morgan fingerprint density at radius 3 is 2.65 bits per heavy atom. The van der Waals surface area contributed by atoms with Crippen LogP contribution in [-0.2, 0) is 16.0 Å². The molecule has 0 aromatic heterocycles. The summed E-state index contributed by atoms with van der Waals surface area (Å²) in [5.74, 6) is 0.181. The summed E-state index contributed by atoms with van der Waals surface area (Å²) in [6.07, 6.45) is -0.0197. The van der Waals surface area contributed by atoms with E-state index in [0.717, 1.165) is 0 Å².